The van der Waals surface area contributed by atoms with E-state index in [1.807, 2.05) is 32.5 Å². The number of carbonyl (C=O) groups excluding carboxylic acids is 1. The van der Waals surface area contributed by atoms with Gasteiger partial charge in [0, 0.05) is 42.8 Å². The van der Waals surface area contributed by atoms with Crippen LogP contribution in [0.3, 0.4) is 0 Å². The molecule has 2 N–H and O–H groups in total. The second-order valence-electron chi connectivity index (χ2n) is 6.26. The molecular weight excluding hydrogens is 322 g/mol. The molecule has 6 nitrogen and oxygen atoms in total. The van der Waals surface area contributed by atoms with Crippen LogP contribution < -0.4 is 10.6 Å². The van der Waals surface area contributed by atoms with E-state index in [0.717, 1.165) is 41.4 Å². The molecule has 132 valence electrons. The highest BCUT2D eigenvalue weighted by atomic mass is 32.1. The van der Waals surface area contributed by atoms with Crippen molar-refractivity contribution in [3.05, 3.63) is 33.0 Å². The molecule has 2 heterocycles. The molecule has 2 amide bonds. The average molecular weight is 350 g/mol. The zero-order chi connectivity index (χ0) is 17.7. The van der Waals surface area contributed by atoms with Gasteiger partial charge in [-0.1, -0.05) is 0 Å². The Morgan fingerprint density at radius 2 is 2.12 bits per heavy atom. The van der Waals surface area contributed by atoms with Gasteiger partial charge in [-0.3, -0.25) is 4.68 Å². The molecule has 0 aliphatic heterocycles. The fourth-order valence-electron chi connectivity index (χ4n) is 2.70. The van der Waals surface area contributed by atoms with E-state index in [1.165, 1.54) is 5.56 Å². The first-order chi connectivity index (χ1) is 11.4. The number of urea groups is 1. The van der Waals surface area contributed by atoms with Crippen molar-refractivity contribution in [1.82, 2.24) is 25.4 Å². The van der Waals surface area contributed by atoms with Gasteiger partial charge in [-0.15, -0.1) is 11.3 Å². The van der Waals surface area contributed by atoms with E-state index >= 15 is 0 Å². The Labute approximate surface area is 147 Å². The lowest BCUT2D eigenvalue weighted by molar-refractivity contribution is 0.237. The predicted octanol–water partition coefficient (Wildman–Crippen LogP) is 2.66. The van der Waals surface area contributed by atoms with Crippen molar-refractivity contribution in [1.29, 1.82) is 0 Å². The van der Waals surface area contributed by atoms with Crippen LogP contribution in [0.1, 0.15) is 41.0 Å². The fraction of sp³-hybridized carbons (Fsp3) is 0.588. The van der Waals surface area contributed by atoms with Crippen LogP contribution in [0.25, 0.3) is 0 Å². The molecule has 0 fully saturated rings. The van der Waals surface area contributed by atoms with E-state index in [0.29, 0.717) is 6.54 Å². The van der Waals surface area contributed by atoms with Crippen molar-refractivity contribution in [2.45, 2.75) is 53.0 Å². The van der Waals surface area contributed by atoms with Crippen LogP contribution >= 0.6 is 11.3 Å². The Morgan fingerprint density at radius 3 is 2.71 bits per heavy atom. The summed E-state index contributed by atoms with van der Waals surface area (Å²) in [6, 6.07) is -0.0507. The number of hydrogen-bond acceptors (Lipinski definition) is 4. The molecule has 0 aromatic carbocycles. The van der Waals surface area contributed by atoms with Gasteiger partial charge in [-0.25, -0.2) is 9.78 Å². The molecule has 2 aromatic heterocycles. The maximum atomic E-state index is 12.0. The summed E-state index contributed by atoms with van der Waals surface area (Å²) in [5, 5.41) is 13.5. The molecule has 2 aromatic rings. The number of amides is 2. The highest BCUT2D eigenvalue weighted by molar-refractivity contribution is 7.09. The van der Waals surface area contributed by atoms with Crippen LogP contribution in [0.15, 0.2) is 5.38 Å². The normalized spacial score (nSPS) is 12.2. The van der Waals surface area contributed by atoms with Crippen LogP contribution in [-0.4, -0.2) is 33.4 Å². The van der Waals surface area contributed by atoms with Gasteiger partial charge < -0.3 is 10.6 Å². The van der Waals surface area contributed by atoms with E-state index < -0.39 is 0 Å². The maximum absolute atomic E-state index is 12.0. The largest absolute Gasteiger partial charge is 0.338 e. The molecular formula is C17H27N5OS. The predicted molar refractivity (Wildman–Crippen MR) is 97.6 cm³/mol. The van der Waals surface area contributed by atoms with Crippen molar-refractivity contribution in [2.75, 3.05) is 6.54 Å². The van der Waals surface area contributed by atoms with Gasteiger partial charge in [0.05, 0.1) is 10.7 Å². The van der Waals surface area contributed by atoms with E-state index in [1.54, 1.807) is 11.3 Å². The smallest absolute Gasteiger partial charge is 0.315 e. The SMILES string of the molecule is Cc1csc(CCCNC(=O)N[C@@H](C)Cc2c(C)nn(C)c2C)n1. The number of rotatable bonds is 7. The number of aromatic nitrogens is 3. The van der Waals surface area contributed by atoms with Crippen LogP contribution in [0.2, 0.25) is 0 Å². The van der Waals surface area contributed by atoms with Crippen LogP contribution in [0.5, 0.6) is 0 Å². The molecule has 0 spiro atoms. The van der Waals surface area contributed by atoms with Gasteiger partial charge in [-0.2, -0.15) is 5.10 Å². The first-order valence-corrected chi connectivity index (χ1v) is 9.19. The Kier molecular flexibility index (Phi) is 6.36. The second-order valence-corrected chi connectivity index (χ2v) is 7.21. The number of hydrogen-bond donors (Lipinski definition) is 2. The summed E-state index contributed by atoms with van der Waals surface area (Å²) >= 11 is 1.68. The van der Waals surface area contributed by atoms with Crippen molar-refractivity contribution < 1.29 is 4.79 Å². The Morgan fingerprint density at radius 1 is 1.38 bits per heavy atom. The number of nitrogens with zero attached hydrogens (tertiary/aromatic N) is 3. The Hall–Kier alpha value is -1.89. The summed E-state index contributed by atoms with van der Waals surface area (Å²) < 4.78 is 1.89. The Bertz CT molecular complexity index is 691. The summed E-state index contributed by atoms with van der Waals surface area (Å²) in [4.78, 5) is 16.4. The summed E-state index contributed by atoms with van der Waals surface area (Å²) in [6.07, 6.45) is 2.59. The van der Waals surface area contributed by atoms with E-state index in [-0.39, 0.29) is 12.1 Å². The zero-order valence-electron chi connectivity index (χ0n) is 15.1. The van der Waals surface area contributed by atoms with Gasteiger partial charge in [0.1, 0.15) is 0 Å². The molecule has 2 rings (SSSR count). The molecule has 24 heavy (non-hydrogen) atoms. The lowest BCUT2D eigenvalue weighted by Gasteiger charge is -2.15. The van der Waals surface area contributed by atoms with E-state index in [2.05, 4.69) is 33.0 Å². The van der Waals surface area contributed by atoms with Crippen molar-refractivity contribution in [3.8, 4) is 0 Å². The lowest BCUT2D eigenvalue weighted by Crippen LogP contribution is -2.42. The van der Waals surface area contributed by atoms with Gasteiger partial charge in [-0.05, 0) is 46.1 Å². The minimum Gasteiger partial charge on any atom is -0.338 e. The summed E-state index contributed by atoms with van der Waals surface area (Å²) in [5.74, 6) is 0. The van der Waals surface area contributed by atoms with Crippen LogP contribution in [0, 0.1) is 20.8 Å². The third-order valence-corrected chi connectivity index (χ3v) is 5.09. The number of aryl methyl sites for hydroxylation is 4. The van der Waals surface area contributed by atoms with Gasteiger partial charge >= 0.3 is 6.03 Å². The average Bonchev–Trinajstić information content (AvgIpc) is 3.02. The topological polar surface area (TPSA) is 71.8 Å². The Balaban J connectivity index is 1.69. The van der Waals surface area contributed by atoms with Crippen LogP contribution in [0.4, 0.5) is 4.79 Å². The van der Waals surface area contributed by atoms with Crippen molar-refractivity contribution in [3.63, 3.8) is 0 Å². The zero-order valence-corrected chi connectivity index (χ0v) is 16.0. The van der Waals surface area contributed by atoms with Crippen LogP contribution in [-0.2, 0) is 19.9 Å². The van der Waals surface area contributed by atoms with Gasteiger partial charge in [0.25, 0.3) is 0 Å². The van der Waals surface area contributed by atoms with Crippen molar-refractivity contribution in [2.24, 2.45) is 7.05 Å². The molecule has 7 heteroatoms. The van der Waals surface area contributed by atoms with Gasteiger partial charge in [0.15, 0.2) is 0 Å². The molecule has 0 bridgehead atoms. The summed E-state index contributed by atoms with van der Waals surface area (Å²) in [7, 11) is 1.95. The molecule has 0 radical (unpaired) electrons. The minimum atomic E-state index is -0.114. The van der Waals surface area contributed by atoms with Crippen molar-refractivity contribution >= 4 is 17.4 Å². The molecule has 0 saturated heterocycles. The molecule has 1 atom stereocenters. The number of thiazole rings is 1. The highest BCUT2D eigenvalue weighted by Gasteiger charge is 2.14. The molecule has 0 aliphatic rings. The number of nitrogens with one attached hydrogen (secondary N) is 2. The third-order valence-electron chi connectivity index (χ3n) is 4.07. The summed E-state index contributed by atoms with van der Waals surface area (Å²) in [5.41, 5.74) is 4.46. The standard InChI is InChI=1S/C17H27N5OS/c1-11(9-15-13(3)21-22(5)14(15)4)20-17(23)18-8-6-7-16-19-12(2)10-24-16/h10-11H,6-9H2,1-5H3,(H2,18,20,23)/t11-/m0/s1. The van der Waals surface area contributed by atoms with Gasteiger partial charge in [0.2, 0.25) is 0 Å². The first kappa shape index (κ1) is 18.4. The minimum absolute atomic E-state index is 0.0632. The number of carbonyl (C=O) groups is 1. The summed E-state index contributed by atoms with van der Waals surface area (Å²) in [6.45, 7) is 8.74. The molecule has 0 saturated carbocycles. The molecule has 0 aliphatic carbocycles. The lowest BCUT2D eigenvalue weighted by atomic mass is 10.1. The maximum Gasteiger partial charge on any atom is 0.315 e. The monoisotopic (exact) mass is 349 g/mol. The van der Waals surface area contributed by atoms with E-state index in [9.17, 15) is 4.79 Å². The highest BCUT2D eigenvalue weighted by Crippen LogP contribution is 2.14. The molecule has 0 unspecified atom stereocenters. The third kappa shape index (κ3) is 5.06. The van der Waals surface area contributed by atoms with E-state index in [4.69, 9.17) is 0 Å². The quantitative estimate of drug-likeness (QED) is 0.755. The fourth-order valence-corrected chi connectivity index (χ4v) is 3.52. The first-order valence-electron chi connectivity index (χ1n) is 8.31. The second kappa shape index (κ2) is 8.28.